The molecule has 1 saturated carbocycles. The van der Waals surface area contributed by atoms with Crippen molar-refractivity contribution >= 4 is 17.3 Å². The van der Waals surface area contributed by atoms with Crippen LogP contribution in [0.4, 0.5) is 17.3 Å². The van der Waals surface area contributed by atoms with Gasteiger partial charge in [-0.2, -0.15) is 0 Å². The molecule has 1 fully saturated rings. The first kappa shape index (κ1) is 16.5. The summed E-state index contributed by atoms with van der Waals surface area (Å²) in [6.45, 7) is 0. The fraction of sp³-hybridized carbons (Fsp3) is 0.238. The first-order valence-electron chi connectivity index (χ1n) is 8.97. The average Bonchev–Trinajstić information content (AvgIpc) is 3.08. The Kier molecular flexibility index (Phi) is 4.80. The second-order valence-corrected chi connectivity index (χ2v) is 6.63. The topological polar surface area (TPSA) is 70.1 Å². The Morgan fingerprint density at radius 2 is 1.54 bits per heavy atom. The monoisotopic (exact) mass is 346 g/mol. The number of hydrogen-bond acceptors (Lipinski definition) is 5. The molecule has 2 atom stereocenters. The van der Waals surface area contributed by atoms with Gasteiger partial charge in [-0.3, -0.25) is 0 Å². The van der Waals surface area contributed by atoms with Crippen LogP contribution in [0, 0.1) is 0 Å². The first-order valence-corrected chi connectivity index (χ1v) is 8.97. The highest BCUT2D eigenvalue weighted by molar-refractivity contribution is 5.65. The fourth-order valence-corrected chi connectivity index (χ4v) is 3.27. The number of rotatable bonds is 5. The van der Waals surface area contributed by atoms with Crippen LogP contribution < -0.4 is 10.6 Å². The Bertz CT molecular complexity index is 854. The van der Waals surface area contributed by atoms with E-state index >= 15 is 0 Å². The minimum Gasteiger partial charge on any atom is -0.393 e. The zero-order valence-electron chi connectivity index (χ0n) is 14.5. The molecule has 5 heteroatoms. The molecule has 0 saturated heterocycles. The van der Waals surface area contributed by atoms with Crippen molar-refractivity contribution in [1.29, 1.82) is 0 Å². The van der Waals surface area contributed by atoms with Crippen LogP contribution in [0.3, 0.4) is 0 Å². The van der Waals surface area contributed by atoms with Crippen LogP contribution in [-0.4, -0.2) is 27.2 Å². The van der Waals surface area contributed by atoms with Crippen molar-refractivity contribution in [3.8, 4) is 11.4 Å². The van der Waals surface area contributed by atoms with Gasteiger partial charge in [0.2, 0.25) is 0 Å². The molecule has 5 nitrogen and oxygen atoms in total. The van der Waals surface area contributed by atoms with Gasteiger partial charge < -0.3 is 15.7 Å². The van der Waals surface area contributed by atoms with Crippen molar-refractivity contribution in [2.24, 2.45) is 0 Å². The number of aliphatic hydroxyl groups excluding tert-OH is 1. The molecule has 0 spiro atoms. The van der Waals surface area contributed by atoms with E-state index in [0.29, 0.717) is 5.82 Å². The van der Waals surface area contributed by atoms with E-state index in [4.69, 9.17) is 0 Å². The molecule has 0 bridgehead atoms. The second kappa shape index (κ2) is 7.54. The second-order valence-electron chi connectivity index (χ2n) is 6.63. The van der Waals surface area contributed by atoms with Crippen LogP contribution in [0.15, 0.2) is 66.7 Å². The normalized spacial score (nSPS) is 19.3. The highest BCUT2D eigenvalue weighted by Gasteiger charge is 2.23. The Morgan fingerprint density at radius 3 is 2.23 bits per heavy atom. The molecule has 26 heavy (non-hydrogen) atoms. The van der Waals surface area contributed by atoms with Gasteiger partial charge in [0.25, 0.3) is 0 Å². The molecular weight excluding hydrogens is 324 g/mol. The summed E-state index contributed by atoms with van der Waals surface area (Å²) in [5.41, 5.74) is 1.95. The Balaban J connectivity index is 1.65. The zero-order chi connectivity index (χ0) is 17.8. The van der Waals surface area contributed by atoms with Gasteiger partial charge in [0, 0.05) is 23.4 Å². The summed E-state index contributed by atoms with van der Waals surface area (Å²) < 4.78 is 0. The summed E-state index contributed by atoms with van der Waals surface area (Å²) in [5, 5.41) is 16.6. The van der Waals surface area contributed by atoms with E-state index in [-0.39, 0.29) is 12.1 Å². The van der Waals surface area contributed by atoms with Crippen LogP contribution in [0.25, 0.3) is 11.4 Å². The maximum Gasteiger partial charge on any atom is 0.163 e. The zero-order valence-corrected chi connectivity index (χ0v) is 14.5. The first-order chi connectivity index (χ1) is 12.8. The molecule has 1 aromatic heterocycles. The van der Waals surface area contributed by atoms with Gasteiger partial charge in [0.1, 0.15) is 11.6 Å². The summed E-state index contributed by atoms with van der Waals surface area (Å²) in [6, 6.07) is 22.1. The highest BCUT2D eigenvalue weighted by Crippen LogP contribution is 2.26. The number of hydrogen-bond donors (Lipinski definition) is 3. The summed E-state index contributed by atoms with van der Waals surface area (Å²) in [5.74, 6) is 2.19. The molecule has 2 aromatic carbocycles. The van der Waals surface area contributed by atoms with Crippen molar-refractivity contribution in [1.82, 2.24) is 9.97 Å². The standard InChI is InChI=1S/C21H22N4O/c26-18-12-11-17(13-18)23-20-14-19(22-16-9-5-2-6-10-16)24-21(25-20)15-7-3-1-4-8-15/h1-10,14,17-18,26H,11-13H2,(H2,22,23,24,25)/t17-,18-/m1/s1. The van der Waals surface area contributed by atoms with E-state index in [1.54, 1.807) is 0 Å². The van der Waals surface area contributed by atoms with Gasteiger partial charge in [-0.25, -0.2) is 9.97 Å². The van der Waals surface area contributed by atoms with Crippen LogP contribution in [0.5, 0.6) is 0 Å². The van der Waals surface area contributed by atoms with E-state index in [1.165, 1.54) is 0 Å². The number of para-hydroxylation sites is 1. The quantitative estimate of drug-likeness (QED) is 0.645. The number of aliphatic hydroxyl groups is 1. The molecule has 132 valence electrons. The number of nitrogens with zero attached hydrogens (tertiary/aromatic N) is 2. The molecule has 0 unspecified atom stereocenters. The molecule has 0 aliphatic heterocycles. The SMILES string of the molecule is O[C@@H]1CC[C@@H](Nc2cc(Nc3ccccc3)nc(-c3ccccc3)n2)C1. The fourth-order valence-electron chi connectivity index (χ4n) is 3.27. The van der Waals surface area contributed by atoms with Gasteiger partial charge in [0.15, 0.2) is 5.82 Å². The minimum atomic E-state index is -0.218. The smallest absolute Gasteiger partial charge is 0.163 e. The van der Waals surface area contributed by atoms with E-state index in [1.807, 2.05) is 66.7 Å². The van der Waals surface area contributed by atoms with E-state index in [9.17, 15) is 5.11 Å². The van der Waals surface area contributed by atoms with Crippen molar-refractivity contribution in [2.75, 3.05) is 10.6 Å². The largest absolute Gasteiger partial charge is 0.393 e. The third kappa shape index (κ3) is 4.00. The van der Waals surface area contributed by atoms with Crippen LogP contribution >= 0.6 is 0 Å². The number of nitrogens with one attached hydrogen (secondary N) is 2. The van der Waals surface area contributed by atoms with Gasteiger partial charge in [0.05, 0.1) is 6.10 Å². The van der Waals surface area contributed by atoms with Gasteiger partial charge in [-0.05, 0) is 31.4 Å². The van der Waals surface area contributed by atoms with Crippen LogP contribution in [0.2, 0.25) is 0 Å². The Hall–Kier alpha value is -2.92. The summed E-state index contributed by atoms with van der Waals surface area (Å²) in [4.78, 5) is 9.37. The predicted octanol–water partition coefficient (Wildman–Crippen LogP) is 4.21. The van der Waals surface area contributed by atoms with Crippen molar-refractivity contribution in [3.05, 3.63) is 66.7 Å². The molecule has 1 aliphatic carbocycles. The Morgan fingerprint density at radius 1 is 0.846 bits per heavy atom. The Labute approximate surface area is 153 Å². The predicted molar refractivity (Wildman–Crippen MR) is 104 cm³/mol. The van der Waals surface area contributed by atoms with E-state index < -0.39 is 0 Å². The van der Waals surface area contributed by atoms with Gasteiger partial charge in [-0.1, -0.05) is 48.5 Å². The highest BCUT2D eigenvalue weighted by atomic mass is 16.3. The van der Waals surface area contributed by atoms with E-state index in [0.717, 1.165) is 42.1 Å². The van der Waals surface area contributed by atoms with Crippen molar-refractivity contribution < 1.29 is 5.11 Å². The number of aromatic nitrogens is 2. The lowest BCUT2D eigenvalue weighted by atomic mass is 10.2. The van der Waals surface area contributed by atoms with Crippen molar-refractivity contribution in [3.63, 3.8) is 0 Å². The van der Waals surface area contributed by atoms with E-state index in [2.05, 4.69) is 20.6 Å². The third-order valence-electron chi connectivity index (χ3n) is 4.56. The maximum atomic E-state index is 9.77. The number of anilines is 3. The summed E-state index contributed by atoms with van der Waals surface area (Å²) >= 11 is 0. The molecule has 1 aliphatic rings. The molecule has 1 heterocycles. The lowest BCUT2D eigenvalue weighted by molar-refractivity contribution is 0.182. The molecule has 3 N–H and O–H groups in total. The average molecular weight is 346 g/mol. The van der Waals surface area contributed by atoms with Crippen LogP contribution in [-0.2, 0) is 0 Å². The third-order valence-corrected chi connectivity index (χ3v) is 4.56. The molecule has 0 radical (unpaired) electrons. The van der Waals surface area contributed by atoms with Crippen molar-refractivity contribution in [2.45, 2.75) is 31.4 Å². The van der Waals surface area contributed by atoms with Gasteiger partial charge in [-0.15, -0.1) is 0 Å². The maximum absolute atomic E-state index is 9.77. The molecule has 3 aromatic rings. The lowest BCUT2D eigenvalue weighted by Gasteiger charge is -2.15. The molecular formula is C21H22N4O. The summed E-state index contributed by atoms with van der Waals surface area (Å²) in [7, 11) is 0. The van der Waals surface area contributed by atoms with Gasteiger partial charge >= 0.3 is 0 Å². The number of benzene rings is 2. The summed E-state index contributed by atoms with van der Waals surface area (Å²) in [6.07, 6.45) is 2.33. The lowest BCUT2D eigenvalue weighted by Crippen LogP contribution is -2.18. The molecule has 4 rings (SSSR count). The van der Waals surface area contributed by atoms with Crippen LogP contribution in [0.1, 0.15) is 19.3 Å². The molecule has 0 amide bonds. The minimum absolute atomic E-state index is 0.218.